The molecule has 0 aromatic heterocycles. The Labute approximate surface area is 88.2 Å². The molecule has 1 saturated carbocycles. The van der Waals surface area contributed by atoms with Crippen LogP contribution in [0.25, 0.3) is 0 Å². The van der Waals surface area contributed by atoms with Crippen molar-refractivity contribution >= 4 is 34.8 Å². The van der Waals surface area contributed by atoms with Crippen LogP contribution in [0.3, 0.4) is 0 Å². The Morgan fingerprint density at radius 2 is 1.85 bits per heavy atom. The van der Waals surface area contributed by atoms with Gasteiger partial charge in [-0.05, 0) is 43.2 Å². The summed E-state index contributed by atoms with van der Waals surface area (Å²) in [6, 6.07) is 0. The summed E-state index contributed by atoms with van der Waals surface area (Å²) >= 11 is 8.41. The predicted octanol–water partition coefficient (Wildman–Crippen LogP) is 0.835. The molecule has 1 fully saturated rings. The summed E-state index contributed by atoms with van der Waals surface area (Å²) in [5.74, 6) is 0.728. The van der Waals surface area contributed by atoms with Crippen LogP contribution in [0, 0.1) is 5.92 Å². The summed E-state index contributed by atoms with van der Waals surface area (Å²) < 4.78 is 4.96. The Hall–Kier alpha value is -0.620. The first-order chi connectivity index (χ1) is 6.02. The van der Waals surface area contributed by atoms with Crippen molar-refractivity contribution in [1.82, 2.24) is 0 Å². The highest BCUT2D eigenvalue weighted by Crippen LogP contribution is 2.25. The van der Waals surface area contributed by atoms with Crippen molar-refractivity contribution in [2.75, 3.05) is 6.61 Å². The van der Waals surface area contributed by atoms with Crippen molar-refractivity contribution in [2.45, 2.75) is 19.3 Å². The quantitative estimate of drug-likeness (QED) is 0.601. The molecule has 0 heterocycles. The summed E-state index contributed by atoms with van der Waals surface area (Å²) in [6.45, 7) is 0.731. The normalized spacial score (nSPS) is 14.8. The van der Waals surface area contributed by atoms with E-state index >= 15 is 0 Å². The molecular formula is C7H14N2O2S2. The number of hydrogen-bond acceptors (Lipinski definition) is 3. The molecule has 5 N–H and O–H groups in total. The lowest BCUT2D eigenvalue weighted by Crippen LogP contribution is -2.22. The van der Waals surface area contributed by atoms with Gasteiger partial charge in [-0.15, -0.1) is 0 Å². The van der Waals surface area contributed by atoms with Crippen LogP contribution in [0.4, 0.5) is 0 Å². The molecule has 0 amide bonds. The smallest absolute Gasteiger partial charge is 0.253 e. The molecule has 0 unspecified atom stereocenters. The average molecular weight is 222 g/mol. The van der Waals surface area contributed by atoms with Gasteiger partial charge in [0.2, 0.25) is 0 Å². The van der Waals surface area contributed by atoms with E-state index in [0.717, 1.165) is 12.5 Å². The van der Waals surface area contributed by atoms with E-state index in [1.54, 1.807) is 0 Å². The minimum Gasteiger partial charge on any atom is -0.487 e. The summed E-state index contributed by atoms with van der Waals surface area (Å²) in [5, 5.41) is 7.25. The second-order valence-corrected chi connectivity index (χ2v) is 3.59. The summed E-state index contributed by atoms with van der Waals surface area (Å²) in [7, 11) is 0. The molecule has 1 rings (SSSR count). The molecule has 0 radical (unpaired) electrons. The van der Waals surface area contributed by atoms with Crippen molar-refractivity contribution in [3.63, 3.8) is 0 Å². The van der Waals surface area contributed by atoms with E-state index in [1.165, 1.54) is 19.3 Å². The molecule has 0 saturated heterocycles. The van der Waals surface area contributed by atoms with Crippen molar-refractivity contribution < 1.29 is 9.84 Å². The van der Waals surface area contributed by atoms with E-state index in [0.29, 0.717) is 0 Å². The van der Waals surface area contributed by atoms with Crippen LogP contribution in [-0.2, 0) is 4.74 Å². The molecule has 0 spiro atoms. The zero-order valence-electron chi connectivity index (χ0n) is 7.23. The lowest BCUT2D eigenvalue weighted by atomic mass is 9.86. The van der Waals surface area contributed by atoms with Gasteiger partial charge in [0.15, 0.2) is 0 Å². The van der Waals surface area contributed by atoms with Crippen LogP contribution in [0.1, 0.15) is 19.3 Å². The number of hydrogen-bond donors (Lipinski definition) is 3. The van der Waals surface area contributed by atoms with Crippen LogP contribution < -0.4 is 11.5 Å². The number of aliphatic hydroxyl groups excluding tert-OH is 1. The maximum Gasteiger partial charge on any atom is 0.253 e. The van der Waals surface area contributed by atoms with E-state index in [9.17, 15) is 0 Å². The van der Waals surface area contributed by atoms with Crippen LogP contribution in [0.5, 0.6) is 0 Å². The number of thiocarbonyl (C=S) groups is 2. The van der Waals surface area contributed by atoms with Crippen molar-refractivity contribution in [2.24, 2.45) is 17.4 Å². The number of nitrogens with two attached hydrogens (primary N) is 2. The van der Waals surface area contributed by atoms with Gasteiger partial charge >= 0.3 is 0 Å². The molecular weight excluding hydrogens is 208 g/mol. The monoisotopic (exact) mass is 222 g/mol. The first-order valence-electron chi connectivity index (χ1n) is 3.93. The Morgan fingerprint density at radius 1 is 1.38 bits per heavy atom. The van der Waals surface area contributed by atoms with Crippen molar-refractivity contribution in [3.8, 4) is 0 Å². The van der Waals surface area contributed by atoms with Crippen molar-refractivity contribution in [1.29, 1.82) is 0 Å². The maximum absolute atomic E-state index is 7.56. The molecule has 13 heavy (non-hydrogen) atoms. The summed E-state index contributed by atoms with van der Waals surface area (Å²) in [6.07, 6.45) is 3.90. The van der Waals surface area contributed by atoms with Gasteiger partial charge in [-0.1, -0.05) is 6.42 Å². The highest BCUT2D eigenvalue weighted by molar-refractivity contribution is 7.80. The minimum absolute atomic E-state index is 0.182. The molecule has 1 aliphatic carbocycles. The molecule has 0 aromatic rings. The second-order valence-electron chi connectivity index (χ2n) is 2.77. The third kappa shape index (κ3) is 9.29. The Bertz CT molecular complexity index is 179. The minimum atomic E-state index is -0.500. The molecule has 0 aliphatic heterocycles. The highest BCUT2D eigenvalue weighted by Gasteiger charge is 2.17. The molecule has 0 aromatic carbocycles. The fourth-order valence-corrected chi connectivity index (χ4v) is 0.927. The van der Waals surface area contributed by atoms with Crippen molar-refractivity contribution in [3.05, 3.63) is 0 Å². The fourth-order valence-electron chi connectivity index (χ4n) is 0.859. The van der Waals surface area contributed by atoms with Gasteiger partial charge in [-0.2, -0.15) is 0 Å². The van der Waals surface area contributed by atoms with Gasteiger partial charge < -0.3 is 21.3 Å². The van der Waals surface area contributed by atoms with Gasteiger partial charge in [0.05, 0.1) is 6.61 Å². The van der Waals surface area contributed by atoms with E-state index in [4.69, 9.17) is 15.6 Å². The maximum atomic E-state index is 7.56. The van der Waals surface area contributed by atoms with Gasteiger partial charge in [0, 0.05) is 0 Å². The largest absolute Gasteiger partial charge is 0.487 e. The van der Waals surface area contributed by atoms with Crippen LogP contribution in [-0.4, -0.2) is 22.1 Å². The number of ether oxygens (including phenoxy) is 1. The molecule has 0 atom stereocenters. The molecule has 0 bridgehead atoms. The summed E-state index contributed by atoms with van der Waals surface area (Å²) in [5.41, 5.74) is 9.53. The number of rotatable bonds is 2. The third-order valence-corrected chi connectivity index (χ3v) is 1.80. The van der Waals surface area contributed by atoms with E-state index in [2.05, 4.69) is 30.2 Å². The van der Waals surface area contributed by atoms with Crippen LogP contribution in [0.15, 0.2) is 0 Å². The Morgan fingerprint density at radius 3 is 2.08 bits per heavy atom. The second kappa shape index (κ2) is 6.85. The zero-order chi connectivity index (χ0) is 10.3. The number of aliphatic hydroxyl groups is 1. The molecule has 4 nitrogen and oxygen atoms in total. The van der Waals surface area contributed by atoms with E-state index in [1.807, 2.05) is 0 Å². The lowest BCUT2D eigenvalue weighted by Gasteiger charge is -2.24. The average Bonchev–Trinajstić information content (AvgIpc) is 1.81. The molecule has 76 valence electrons. The Balaban J connectivity index is 0.000000310. The standard InChI is InChI=1S/C6H11NOS.CH3NOS/c7-6(9)8-4-5-2-1-3-5;2-1(3)4/h5H,1-4H2,(H2,7,9);(H3,2,3,4). The predicted molar refractivity (Wildman–Crippen MR) is 59.5 cm³/mol. The Kier molecular flexibility index (Phi) is 6.52. The van der Waals surface area contributed by atoms with E-state index < -0.39 is 5.17 Å². The van der Waals surface area contributed by atoms with Gasteiger partial charge in [0.25, 0.3) is 10.3 Å². The first-order valence-corrected chi connectivity index (χ1v) is 4.74. The fraction of sp³-hybridized carbons (Fsp3) is 0.714. The first kappa shape index (κ1) is 12.4. The highest BCUT2D eigenvalue weighted by atomic mass is 32.1. The zero-order valence-corrected chi connectivity index (χ0v) is 8.87. The van der Waals surface area contributed by atoms with Gasteiger partial charge in [-0.3, -0.25) is 0 Å². The summed E-state index contributed by atoms with van der Waals surface area (Å²) in [4.78, 5) is 0. The van der Waals surface area contributed by atoms with Gasteiger partial charge in [-0.25, -0.2) is 0 Å². The van der Waals surface area contributed by atoms with Gasteiger partial charge in [0.1, 0.15) is 0 Å². The molecule has 6 heteroatoms. The lowest BCUT2D eigenvalue weighted by molar-refractivity contribution is 0.173. The molecule has 1 aliphatic rings. The van der Waals surface area contributed by atoms with E-state index in [-0.39, 0.29) is 5.17 Å². The van der Waals surface area contributed by atoms with Crippen LogP contribution in [0.2, 0.25) is 0 Å². The third-order valence-electron chi connectivity index (χ3n) is 1.69. The topological polar surface area (TPSA) is 81.5 Å². The van der Waals surface area contributed by atoms with Crippen LogP contribution >= 0.6 is 24.4 Å². The SMILES string of the molecule is NC(=S)OCC1CCC1.NC(O)=S.